The van der Waals surface area contributed by atoms with E-state index in [2.05, 4.69) is 55.2 Å². The fraction of sp³-hybridized carbons (Fsp3) is 0.385. The zero-order chi connectivity index (χ0) is 11.4. The SMILES string of the molecule is Cc1ccc(C)n1C.Cc1cccn1C. The van der Waals surface area contributed by atoms with Gasteiger partial charge < -0.3 is 9.13 Å². The molecule has 82 valence electrons. The van der Waals surface area contributed by atoms with E-state index < -0.39 is 0 Å². The summed E-state index contributed by atoms with van der Waals surface area (Å²) < 4.78 is 4.25. The van der Waals surface area contributed by atoms with Crippen LogP contribution < -0.4 is 0 Å². The normalized spacial score (nSPS) is 9.67. The first kappa shape index (κ1) is 11.6. The molecule has 15 heavy (non-hydrogen) atoms. The molecule has 0 atom stereocenters. The molecule has 0 bridgehead atoms. The van der Waals surface area contributed by atoms with Crippen molar-refractivity contribution in [3.05, 3.63) is 47.5 Å². The van der Waals surface area contributed by atoms with E-state index in [4.69, 9.17) is 0 Å². The number of aryl methyl sites for hydroxylation is 4. The smallest absolute Gasteiger partial charge is 0.0143 e. The third kappa shape index (κ3) is 3.01. The van der Waals surface area contributed by atoms with Gasteiger partial charge in [-0.2, -0.15) is 0 Å². The Bertz CT molecular complexity index is 385. The van der Waals surface area contributed by atoms with Crippen LogP contribution in [0.2, 0.25) is 0 Å². The van der Waals surface area contributed by atoms with Gasteiger partial charge in [-0.05, 0) is 45.0 Å². The first-order valence-electron chi connectivity index (χ1n) is 5.19. The molecule has 0 aromatic carbocycles. The molecule has 0 aliphatic heterocycles. The van der Waals surface area contributed by atoms with Crippen LogP contribution in [0.1, 0.15) is 17.1 Å². The zero-order valence-corrected chi connectivity index (χ0v) is 10.3. The Morgan fingerprint density at radius 1 is 0.800 bits per heavy atom. The Hall–Kier alpha value is -1.44. The first-order chi connectivity index (χ1) is 7.02. The van der Waals surface area contributed by atoms with Crippen molar-refractivity contribution in [3.8, 4) is 0 Å². The van der Waals surface area contributed by atoms with Gasteiger partial charge in [-0.3, -0.25) is 0 Å². The Kier molecular flexibility index (Phi) is 3.78. The van der Waals surface area contributed by atoms with Gasteiger partial charge in [0.1, 0.15) is 0 Å². The van der Waals surface area contributed by atoms with E-state index in [0.717, 1.165) is 0 Å². The molecule has 0 amide bonds. The molecule has 0 saturated carbocycles. The van der Waals surface area contributed by atoms with Crippen LogP contribution in [0.3, 0.4) is 0 Å². The lowest BCUT2D eigenvalue weighted by atomic mass is 10.5. The van der Waals surface area contributed by atoms with Crippen molar-refractivity contribution in [2.24, 2.45) is 14.1 Å². The molecule has 0 saturated heterocycles. The van der Waals surface area contributed by atoms with E-state index in [1.807, 2.05) is 19.3 Å². The summed E-state index contributed by atoms with van der Waals surface area (Å²) in [4.78, 5) is 0. The van der Waals surface area contributed by atoms with Crippen molar-refractivity contribution < 1.29 is 0 Å². The van der Waals surface area contributed by atoms with E-state index in [1.54, 1.807) is 0 Å². The Balaban J connectivity index is 0.000000151. The van der Waals surface area contributed by atoms with Crippen molar-refractivity contribution >= 4 is 0 Å². The van der Waals surface area contributed by atoms with Crippen LogP contribution in [0, 0.1) is 20.8 Å². The summed E-state index contributed by atoms with van der Waals surface area (Å²) in [6.45, 7) is 6.29. The third-order valence-corrected chi connectivity index (χ3v) is 2.83. The van der Waals surface area contributed by atoms with Gasteiger partial charge in [0.05, 0.1) is 0 Å². The molecule has 2 aromatic heterocycles. The molecule has 0 aliphatic carbocycles. The summed E-state index contributed by atoms with van der Waals surface area (Å²) in [6, 6.07) is 8.36. The Morgan fingerprint density at radius 3 is 1.47 bits per heavy atom. The molecule has 0 fully saturated rings. The second kappa shape index (κ2) is 4.87. The van der Waals surface area contributed by atoms with Gasteiger partial charge >= 0.3 is 0 Å². The molecule has 2 heterocycles. The second-order valence-electron chi connectivity index (χ2n) is 3.94. The van der Waals surface area contributed by atoms with Crippen LogP contribution in [0.25, 0.3) is 0 Å². The molecular formula is C13H20N2. The topological polar surface area (TPSA) is 9.86 Å². The predicted molar refractivity (Wildman–Crippen MR) is 65.0 cm³/mol. The van der Waals surface area contributed by atoms with Gasteiger partial charge in [0.15, 0.2) is 0 Å². The van der Waals surface area contributed by atoms with Crippen LogP contribution in [-0.4, -0.2) is 9.13 Å². The number of aromatic nitrogens is 2. The summed E-state index contributed by atoms with van der Waals surface area (Å²) in [5.41, 5.74) is 3.95. The molecule has 2 aromatic rings. The van der Waals surface area contributed by atoms with Crippen molar-refractivity contribution in [1.29, 1.82) is 0 Å². The standard InChI is InChI=1S/C7H11N.C6H9N/c1-6-4-5-7(2)8(6)3;1-6-4-3-5-7(6)2/h4-5H,1-3H3;3-5H,1-2H3. The summed E-state index contributed by atoms with van der Waals surface area (Å²) in [6.07, 6.45) is 2.04. The lowest BCUT2D eigenvalue weighted by Crippen LogP contribution is -1.91. The minimum atomic E-state index is 1.31. The highest BCUT2D eigenvalue weighted by Gasteiger charge is 1.90. The minimum absolute atomic E-state index is 1.31. The fourth-order valence-electron chi connectivity index (χ4n) is 1.29. The highest BCUT2D eigenvalue weighted by molar-refractivity contribution is 5.12. The fourth-order valence-corrected chi connectivity index (χ4v) is 1.29. The predicted octanol–water partition coefficient (Wildman–Crippen LogP) is 2.98. The maximum Gasteiger partial charge on any atom is 0.0143 e. The molecule has 2 heteroatoms. The highest BCUT2D eigenvalue weighted by atomic mass is 14.9. The number of hydrogen-bond donors (Lipinski definition) is 0. The third-order valence-electron chi connectivity index (χ3n) is 2.83. The number of nitrogens with zero attached hydrogens (tertiary/aromatic N) is 2. The van der Waals surface area contributed by atoms with Crippen molar-refractivity contribution in [1.82, 2.24) is 9.13 Å². The number of hydrogen-bond acceptors (Lipinski definition) is 0. The lowest BCUT2D eigenvalue weighted by Gasteiger charge is -1.96. The largest absolute Gasteiger partial charge is 0.355 e. The summed E-state index contributed by atoms with van der Waals surface area (Å²) >= 11 is 0. The Morgan fingerprint density at radius 2 is 1.33 bits per heavy atom. The van der Waals surface area contributed by atoms with Gasteiger partial charge in [0, 0.05) is 37.4 Å². The maximum atomic E-state index is 2.17. The molecular weight excluding hydrogens is 184 g/mol. The van der Waals surface area contributed by atoms with E-state index in [1.165, 1.54) is 17.1 Å². The van der Waals surface area contributed by atoms with E-state index in [9.17, 15) is 0 Å². The summed E-state index contributed by atoms with van der Waals surface area (Å²) in [5.74, 6) is 0. The summed E-state index contributed by atoms with van der Waals surface area (Å²) in [5, 5.41) is 0. The van der Waals surface area contributed by atoms with Crippen molar-refractivity contribution in [2.75, 3.05) is 0 Å². The maximum absolute atomic E-state index is 2.17. The van der Waals surface area contributed by atoms with Crippen molar-refractivity contribution in [2.45, 2.75) is 20.8 Å². The molecule has 0 aliphatic rings. The van der Waals surface area contributed by atoms with E-state index in [-0.39, 0.29) is 0 Å². The van der Waals surface area contributed by atoms with Crippen LogP contribution in [0.5, 0.6) is 0 Å². The van der Waals surface area contributed by atoms with Gasteiger partial charge in [-0.1, -0.05) is 0 Å². The van der Waals surface area contributed by atoms with Gasteiger partial charge in [0.25, 0.3) is 0 Å². The average molecular weight is 204 g/mol. The van der Waals surface area contributed by atoms with Gasteiger partial charge in [-0.15, -0.1) is 0 Å². The average Bonchev–Trinajstić information content (AvgIpc) is 2.70. The zero-order valence-electron chi connectivity index (χ0n) is 10.3. The summed E-state index contributed by atoms with van der Waals surface area (Å²) in [7, 11) is 4.11. The molecule has 0 unspecified atom stereocenters. The monoisotopic (exact) mass is 204 g/mol. The first-order valence-corrected chi connectivity index (χ1v) is 5.19. The molecule has 2 rings (SSSR count). The van der Waals surface area contributed by atoms with E-state index >= 15 is 0 Å². The molecule has 0 radical (unpaired) electrons. The van der Waals surface area contributed by atoms with Crippen LogP contribution >= 0.6 is 0 Å². The minimum Gasteiger partial charge on any atom is -0.355 e. The van der Waals surface area contributed by atoms with Crippen LogP contribution in [-0.2, 0) is 14.1 Å². The highest BCUT2D eigenvalue weighted by Crippen LogP contribution is 2.02. The quantitative estimate of drug-likeness (QED) is 0.624. The molecule has 0 spiro atoms. The van der Waals surface area contributed by atoms with Crippen molar-refractivity contribution in [3.63, 3.8) is 0 Å². The molecule has 2 nitrogen and oxygen atoms in total. The van der Waals surface area contributed by atoms with Gasteiger partial charge in [0.2, 0.25) is 0 Å². The van der Waals surface area contributed by atoms with Crippen LogP contribution in [0.4, 0.5) is 0 Å². The van der Waals surface area contributed by atoms with Gasteiger partial charge in [-0.25, -0.2) is 0 Å². The lowest BCUT2D eigenvalue weighted by molar-refractivity contribution is 0.844. The molecule has 0 N–H and O–H groups in total. The number of rotatable bonds is 0. The van der Waals surface area contributed by atoms with E-state index in [0.29, 0.717) is 0 Å². The van der Waals surface area contributed by atoms with Crippen LogP contribution in [0.15, 0.2) is 30.5 Å². The second-order valence-corrected chi connectivity index (χ2v) is 3.94. The Labute approximate surface area is 92.2 Å².